The van der Waals surface area contributed by atoms with Crippen molar-refractivity contribution in [2.45, 2.75) is 95.8 Å². The van der Waals surface area contributed by atoms with Crippen molar-refractivity contribution in [2.75, 3.05) is 20.1 Å². The van der Waals surface area contributed by atoms with Crippen molar-refractivity contribution in [2.24, 2.45) is 5.92 Å². The van der Waals surface area contributed by atoms with E-state index in [2.05, 4.69) is 40.2 Å². The molecule has 0 bridgehead atoms. The molecule has 186 valence electrons. The summed E-state index contributed by atoms with van der Waals surface area (Å²) in [5, 5.41) is 5.42. The van der Waals surface area contributed by atoms with Crippen molar-refractivity contribution in [1.82, 2.24) is 19.7 Å². The molecule has 1 atom stereocenters. The number of aromatic nitrogens is 1. The molecule has 2 saturated carbocycles. The summed E-state index contributed by atoms with van der Waals surface area (Å²) in [5.74, 6) is 0.728. The van der Waals surface area contributed by atoms with Gasteiger partial charge in [-0.25, -0.2) is 0 Å². The van der Waals surface area contributed by atoms with Crippen LogP contribution in [0, 0.1) is 5.92 Å². The van der Waals surface area contributed by atoms with Gasteiger partial charge in [0, 0.05) is 25.2 Å². The van der Waals surface area contributed by atoms with Crippen LogP contribution in [0.1, 0.15) is 82.1 Å². The fraction of sp³-hybridized carbons (Fsp3) is 0.704. The maximum Gasteiger partial charge on any atom is 0.271 e. The number of hydrogen-bond donors (Lipinski definition) is 1. The Labute approximate surface area is 207 Å². The second-order valence-corrected chi connectivity index (χ2v) is 12.2. The lowest BCUT2D eigenvalue weighted by Gasteiger charge is -2.45. The molecule has 2 aromatic rings. The molecule has 0 saturated heterocycles. The van der Waals surface area contributed by atoms with Crippen molar-refractivity contribution in [3.63, 3.8) is 0 Å². The summed E-state index contributed by atoms with van der Waals surface area (Å²) in [4.78, 5) is 32.0. The summed E-state index contributed by atoms with van der Waals surface area (Å²) in [6, 6.07) is 4.89. The second kappa shape index (κ2) is 9.65. The van der Waals surface area contributed by atoms with Crippen molar-refractivity contribution in [3.8, 4) is 0 Å². The lowest BCUT2D eigenvalue weighted by atomic mass is 9.86. The highest BCUT2D eigenvalue weighted by Crippen LogP contribution is 2.35. The van der Waals surface area contributed by atoms with Gasteiger partial charge < -0.3 is 19.7 Å². The van der Waals surface area contributed by atoms with Gasteiger partial charge in [-0.3, -0.25) is 9.59 Å². The molecule has 0 aromatic carbocycles. The first-order valence-electron chi connectivity index (χ1n) is 13.3. The number of rotatable bonds is 6. The van der Waals surface area contributed by atoms with E-state index in [4.69, 9.17) is 0 Å². The van der Waals surface area contributed by atoms with Gasteiger partial charge in [0.2, 0.25) is 5.91 Å². The SMILES string of the molecule is CC1CCC(NC(=O)[C@]2(C)Cn3c(cc4sccc43)C(=O)N2CCN(C)C2CCCCC2)CC1. The zero-order valence-corrected chi connectivity index (χ0v) is 21.8. The molecule has 2 aliphatic carbocycles. The number of carbonyl (C=O) groups is 2. The van der Waals surface area contributed by atoms with E-state index in [1.54, 1.807) is 11.3 Å². The zero-order chi connectivity index (χ0) is 23.9. The molecular formula is C27H40N4O2S. The molecule has 0 unspecified atom stereocenters. The first-order chi connectivity index (χ1) is 16.4. The standard InChI is InChI=1S/C27H40N4O2S/c1-19-9-11-20(12-10-19)28-26(33)27(2)18-30-22-13-16-34-24(22)17-23(30)25(32)31(27)15-14-29(3)21-7-5-4-6-8-21/h13,16-17,19-21H,4-12,14-15,18H2,1-3H3,(H,28,33)/t19?,20?,27-/m0/s1. The van der Waals surface area contributed by atoms with E-state index in [0.717, 1.165) is 54.1 Å². The van der Waals surface area contributed by atoms with Crippen LogP contribution < -0.4 is 5.32 Å². The lowest BCUT2D eigenvalue weighted by molar-refractivity contribution is -0.134. The average Bonchev–Trinajstić information content (AvgIpc) is 3.43. The molecule has 2 fully saturated rings. The molecule has 0 spiro atoms. The van der Waals surface area contributed by atoms with Gasteiger partial charge in [-0.2, -0.15) is 0 Å². The van der Waals surface area contributed by atoms with Gasteiger partial charge >= 0.3 is 0 Å². The topological polar surface area (TPSA) is 57.6 Å². The van der Waals surface area contributed by atoms with Crippen LogP contribution >= 0.6 is 11.3 Å². The normalized spacial score (nSPS) is 28.5. The Balaban J connectivity index is 1.39. The van der Waals surface area contributed by atoms with Crippen LogP contribution in [-0.4, -0.2) is 63.9 Å². The minimum atomic E-state index is -0.894. The maximum atomic E-state index is 13.8. The highest BCUT2D eigenvalue weighted by Gasteiger charge is 2.48. The molecule has 1 N–H and O–H groups in total. The molecule has 3 heterocycles. The smallest absolute Gasteiger partial charge is 0.271 e. The van der Waals surface area contributed by atoms with Crippen molar-refractivity contribution in [3.05, 3.63) is 23.2 Å². The molecule has 34 heavy (non-hydrogen) atoms. The predicted octanol–water partition coefficient (Wildman–Crippen LogP) is 4.88. The van der Waals surface area contributed by atoms with Gasteiger partial charge in [-0.05, 0) is 75.9 Å². The Kier molecular flexibility index (Phi) is 6.77. The first kappa shape index (κ1) is 23.9. The number of likely N-dealkylation sites (N-methyl/N-ethyl adjacent to an activating group) is 1. The molecule has 2 aromatic heterocycles. The monoisotopic (exact) mass is 484 g/mol. The van der Waals surface area contributed by atoms with Crippen LogP contribution in [0.25, 0.3) is 10.2 Å². The number of nitrogens with zero attached hydrogens (tertiary/aromatic N) is 3. The third kappa shape index (κ3) is 4.41. The van der Waals surface area contributed by atoms with Gasteiger partial charge in [-0.15, -0.1) is 11.3 Å². The summed E-state index contributed by atoms with van der Waals surface area (Å²) < 4.78 is 3.20. The van der Waals surface area contributed by atoms with Crippen LogP contribution in [0.15, 0.2) is 17.5 Å². The Hall–Kier alpha value is -1.86. The maximum absolute atomic E-state index is 13.8. The first-order valence-corrected chi connectivity index (χ1v) is 14.1. The highest BCUT2D eigenvalue weighted by molar-refractivity contribution is 7.17. The Morgan fingerprint density at radius 3 is 2.65 bits per heavy atom. The number of hydrogen-bond acceptors (Lipinski definition) is 4. The minimum absolute atomic E-state index is 0.00320. The van der Waals surface area contributed by atoms with Crippen molar-refractivity contribution < 1.29 is 9.59 Å². The van der Waals surface area contributed by atoms with E-state index in [1.807, 2.05) is 17.9 Å². The Morgan fingerprint density at radius 2 is 1.91 bits per heavy atom. The summed E-state index contributed by atoms with van der Waals surface area (Å²) in [7, 11) is 2.18. The van der Waals surface area contributed by atoms with Gasteiger partial charge in [0.1, 0.15) is 11.2 Å². The van der Waals surface area contributed by atoms with Gasteiger partial charge in [0.15, 0.2) is 0 Å². The van der Waals surface area contributed by atoms with E-state index in [0.29, 0.717) is 19.1 Å². The molecule has 6 nitrogen and oxygen atoms in total. The summed E-state index contributed by atoms with van der Waals surface area (Å²) >= 11 is 1.66. The molecule has 0 radical (unpaired) electrons. The van der Waals surface area contributed by atoms with Gasteiger partial charge in [0.25, 0.3) is 5.91 Å². The third-order valence-corrected chi connectivity index (χ3v) is 9.62. The summed E-state index contributed by atoms with van der Waals surface area (Å²) in [6.07, 6.45) is 10.8. The van der Waals surface area contributed by atoms with Crippen LogP contribution in [-0.2, 0) is 11.3 Å². The van der Waals surface area contributed by atoms with E-state index in [9.17, 15) is 9.59 Å². The van der Waals surface area contributed by atoms with Crippen LogP contribution in [0.3, 0.4) is 0 Å². The number of nitrogens with one attached hydrogen (secondary N) is 1. The largest absolute Gasteiger partial charge is 0.351 e. The van der Waals surface area contributed by atoms with E-state index < -0.39 is 5.54 Å². The van der Waals surface area contributed by atoms with Crippen LogP contribution in [0.2, 0.25) is 0 Å². The number of amides is 2. The predicted molar refractivity (Wildman–Crippen MR) is 138 cm³/mol. The molecular weight excluding hydrogens is 444 g/mol. The molecule has 2 amide bonds. The van der Waals surface area contributed by atoms with Crippen LogP contribution in [0.5, 0.6) is 0 Å². The molecule has 5 rings (SSSR count). The Bertz CT molecular complexity index is 1030. The van der Waals surface area contributed by atoms with Crippen LogP contribution in [0.4, 0.5) is 0 Å². The molecule has 3 aliphatic rings. The fourth-order valence-corrected chi connectivity index (χ4v) is 7.15. The quantitative estimate of drug-likeness (QED) is 0.636. The minimum Gasteiger partial charge on any atom is -0.351 e. The lowest BCUT2D eigenvalue weighted by Crippen LogP contribution is -2.66. The zero-order valence-electron chi connectivity index (χ0n) is 21.0. The van der Waals surface area contributed by atoms with Crippen molar-refractivity contribution >= 4 is 33.4 Å². The van der Waals surface area contributed by atoms with E-state index in [-0.39, 0.29) is 17.9 Å². The second-order valence-electron chi connectivity index (χ2n) is 11.2. The molecule has 7 heteroatoms. The number of carbonyl (C=O) groups excluding carboxylic acids is 2. The highest BCUT2D eigenvalue weighted by atomic mass is 32.1. The average molecular weight is 485 g/mol. The third-order valence-electron chi connectivity index (χ3n) is 8.76. The Morgan fingerprint density at radius 1 is 1.18 bits per heavy atom. The van der Waals surface area contributed by atoms with E-state index >= 15 is 0 Å². The van der Waals surface area contributed by atoms with Gasteiger partial charge in [-0.1, -0.05) is 26.2 Å². The van der Waals surface area contributed by atoms with Gasteiger partial charge in [0.05, 0.1) is 16.8 Å². The fourth-order valence-electron chi connectivity index (χ4n) is 6.33. The summed E-state index contributed by atoms with van der Waals surface area (Å²) in [6.45, 7) is 6.17. The van der Waals surface area contributed by atoms with Crippen molar-refractivity contribution in [1.29, 1.82) is 0 Å². The number of fused-ring (bicyclic) bond motifs is 3. The molecule has 1 aliphatic heterocycles. The van der Waals surface area contributed by atoms with E-state index in [1.165, 1.54) is 32.1 Å². The number of thiophene rings is 1. The summed E-state index contributed by atoms with van der Waals surface area (Å²) in [5.41, 5.74) is 0.894.